The average molecular weight is 271 g/mol. The first-order valence-corrected chi connectivity index (χ1v) is 6.20. The predicted octanol–water partition coefficient (Wildman–Crippen LogP) is 3.08. The van der Waals surface area contributed by atoms with Crippen molar-refractivity contribution in [1.29, 1.82) is 0 Å². The first-order valence-electron chi connectivity index (χ1n) is 6.20. The van der Waals surface area contributed by atoms with Crippen molar-refractivity contribution < 1.29 is 0 Å². The molecule has 1 rings (SSSR count). The molecule has 0 amide bonds. The fraction of sp³-hybridized carbons (Fsp3) is 1.00. The predicted molar refractivity (Wildman–Crippen MR) is 76.8 cm³/mol. The SMILES string of the molecule is CCC(C)CCCN1CCC(N)CC1.Cl.Cl. The van der Waals surface area contributed by atoms with E-state index < -0.39 is 0 Å². The number of rotatable bonds is 5. The molecule has 1 aliphatic rings. The van der Waals surface area contributed by atoms with Crippen molar-refractivity contribution >= 4 is 24.8 Å². The van der Waals surface area contributed by atoms with Gasteiger partial charge in [-0.15, -0.1) is 24.8 Å². The molecule has 0 spiro atoms. The molecule has 1 atom stereocenters. The van der Waals surface area contributed by atoms with E-state index in [2.05, 4.69) is 18.7 Å². The minimum absolute atomic E-state index is 0. The highest BCUT2D eigenvalue weighted by Gasteiger charge is 2.15. The number of piperidine rings is 1. The molecule has 1 saturated heterocycles. The van der Waals surface area contributed by atoms with Gasteiger partial charge in [0.05, 0.1) is 0 Å². The third-order valence-electron chi connectivity index (χ3n) is 3.50. The largest absolute Gasteiger partial charge is 0.328 e. The molecule has 0 aromatic heterocycles. The van der Waals surface area contributed by atoms with Crippen molar-refractivity contribution in [1.82, 2.24) is 4.90 Å². The highest BCUT2D eigenvalue weighted by Crippen LogP contribution is 2.12. The summed E-state index contributed by atoms with van der Waals surface area (Å²) >= 11 is 0. The second-order valence-electron chi connectivity index (χ2n) is 4.83. The smallest absolute Gasteiger partial charge is 0.00631 e. The van der Waals surface area contributed by atoms with Gasteiger partial charge >= 0.3 is 0 Å². The van der Waals surface area contributed by atoms with Crippen LogP contribution in [0.1, 0.15) is 46.0 Å². The third-order valence-corrected chi connectivity index (χ3v) is 3.50. The lowest BCUT2D eigenvalue weighted by Crippen LogP contribution is -2.40. The van der Waals surface area contributed by atoms with Crippen molar-refractivity contribution in [2.45, 2.75) is 52.0 Å². The standard InChI is InChI=1S/C12H26N2.2ClH/c1-3-11(2)5-4-8-14-9-6-12(13)7-10-14;;/h11-12H,3-10,13H2,1-2H3;2*1H. The van der Waals surface area contributed by atoms with Crippen molar-refractivity contribution in [3.63, 3.8) is 0 Å². The molecule has 4 heteroatoms. The molecule has 16 heavy (non-hydrogen) atoms. The van der Waals surface area contributed by atoms with Crippen LogP contribution in [0.15, 0.2) is 0 Å². The molecule has 2 nitrogen and oxygen atoms in total. The maximum absolute atomic E-state index is 5.87. The van der Waals surface area contributed by atoms with Crippen LogP contribution in [0, 0.1) is 5.92 Å². The van der Waals surface area contributed by atoms with Gasteiger partial charge in [0.1, 0.15) is 0 Å². The van der Waals surface area contributed by atoms with Gasteiger partial charge in [-0.05, 0) is 51.2 Å². The van der Waals surface area contributed by atoms with Gasteiger partial charge in [-0.25, -0.2) is 0 Å². The maximum Gasteiger partial charge on any atom is 0.00631 e. The summed E-state index contributed by atoms with van der Waals surface area (Å²) in [5.74, 6) is 0.905. The van der Waals surface area contributed by atoms with Gasteiger partial charge in [0.2, 0.25) is 0 Å². The number of nitrogens with zero attached hydrogens (tertiary/aromatic N) is 1. The van der Waals surface area contributed by atoms with Crippen LogP contribution in [-0.2, 0) is 0 Å². The molecule has 0 aromatic carbocycles. The first kappa shape index (κ1) is 18.9. The summed E-state index contributed by atoms with van der Waals surface area (Å²) in [6.45, 7) is 8.37. The van der Waals surface area contributed by atoms with E-state index >= 15 is 0 Å². The number of halogens is 2. The fourth-order valence-corrected chi connectivity index (χ4v) is 2.04. The quantitative estimate of drug-likeness (QED) is 0.832. The van der Waals surface area contributed by atoms with E-state index in [1.165, 1.54) is 51.7 Å². The van der Waals surface area contributed by atoms with Crippen LogP contribution < -0.4 is 5.73 Å². The summed E-state index contributed by atoms with van der Waals surface area (Å²) in [6, 6.07) is 0.473. The Morgan fingerprint density at radius 2 is 1.81 bits per heavy atom. The molecule has 0 saturated carbocycles. The summed E-state index contributed by atoms with van der Waals surface area (Å²) < 4.78 is 0. The van der Waals surface area contributed by atoms with Gasteiger partial charge in [0.25, 0.3) is 0 Å². The molecule has 1 heterocycles. The van der Waals surface area contributed by atoms with Crippen LogP contribution in [0.4, 0.5) is 0 Å². The highest BCUT2D eigenvalue weighted by atomic mass is 35.5. The van der Waals surface area contributed by atoms with E-state index in [0.29, 0.717) is 6.04 Å². The van der Waals surface area contributed by atoms with Gasteiger partial charge in [0, 0.05) is 6.04 Å². The zero-order valence-electron chi connectivity index (χ0n) is 10.7. The average Bonchev–Trinajstić information content (AvgIpc) is 2.21. The van der Waals surface area contributed by atoms with Crippen LogP contribution in [0.5, 0.6) is 0 Å². The van der Waals surface area contributed by atoms with Crippen molar-refractivity contribution in [2.75, 3.05) is 19.6 Å². The summed E-state index contributed by atoms with van der Waals surface area (Å²) in [5.41, 5.74) is 5.87. The Kier molecular flexibility index (Phi) is 12.5. The molecule has 0 aliphatic carbocycles. The third kappa shape index (κ3) is 7.72. The molecule has 100 valence electrons. The van der Waals surface area contributed by atoms with Crippen molar-refractivity contribution in [3.8, 4) is 0 Å². The number of nitrogens with two attached hydrogens (primary N) is 1. The van der Waals surface area contributed by atoms with Gasteiger partial charge < -0.3 is 10.6 Å². The van der Waals surface area contributed by atoms with E-state index in [0.717, 1.165) is 5.92 Å². The van der Waals surface area contributed by atoms with Crippen LogP contribution >= 0.6 is 24.8 Å². The van der Waals surface area contributed by atoms with E-state index in [4.69, 9.17) is 5.73 Å². The topological polar surface area (TPSA) is 29.3 Å². The lowest BCUT2D eigenvalue weighted by molar-refractivity contribution is 0.206. The second kappa shape index (κ2) is 10.6. The number of hydrogen-bond acceptors (Lipinski definition) is 2. The molecule has 2 N–H and O–H groups in total. The molecule has 0 bridgehead atoms. The lowest BCUT2D eigenvalue weighted by Gasteiger charge is -2.30. The minimum Gasteiger partial charge on any atom is -0.328 e. The van der Waals surface area contributed by atoms with Gasteiger partial charge in [-0.2, -0.15) is 0 Å². The van der Waals surface area contributed by atoms with Crippen molar-refractivity contribution in [3.05, 3.63) is 0 Å². The lowest BCUT2D eigenvalue weighted by atomic mass is 10.0. The normalized spacial score (nSPS) is 19.7. The first-order chi connectivity index (χ1) is 6.72. The zero-order chi connectivity index (χ0) is 10.4. The van der Waals surface area contributed by atoms with Crippen LogP contribution in [0.3, 0.4) is 0 Å². The Morgan fingerprint density at radius 3 is 2.31 bits per heavy atom. The Hall–Kier alpha value is 0.500. The van der Waals surface area contributed by atoms with E-state index in [-0.39, 0.29) is 24.8 Å². The fourth-order valence-electron chi connectivity index (χ4n) is 2.04. The van der Waals surface area contributed by atoms with Crippen LogP contribution in [0.2, 0.25) is 0 Å². The van der Waals surface area contributed by atoms with E-state index in [9.17, 15) is 0 Å². The summed E-state index contributed by atoms with van der Waals surface area (Å²) in [6.07, 6.45) is 6.47. The van der Waals surface area contributed by atoms with Gasteiger partial charge in [-0.3, -0.25) is 0 Å². The summed E-state index contributed by atoms with van der Waals surface area (Å²) in [7, 11) is 0. The van der Waals surface area contributed by atoms with Crippen molar-refractivity contribution in [2.24, 2.45) is 11.7 Å². The molecular formula is C12H28Cl2N2. The monoisotopic (exact) mass is 270 g/mol. The van der Waals surface area contributed by atoms with E-state index in [1.54, 1.807) is 0 Å². The molecule has 1 aliphatic heterocycles. The Labute approximate surface area is 113 Å². The Balaban J connectivity index is 0. The second-order valence-corrected chi connectivity index (χ2v) is 4.83. The summed E-state index contributed by atoms with van der Waals surface area (Å²) in [4.78, 5) is 2.58. The Morgan fingerprint density at radius 1 is 1.25 bits per heavy atom. The van der Waals surface area contributed by atoms with Gasteiger partial charge in [-0.1, -0.05) is 20.3 Å². The number of likely N-dealkylation sites (tertiary alicyclic amines) is 1. The van der Waals surface area contributed by atoms with Gasteiger partial charge in [0.15, 0.2) is 0 Å². The minimum atomic E-state index is 0. The molecule has 0 aromatic rings. The maximum atomic E-state index is 5.87. The highest BCUT2D eigenvalue weighted by molar-refractivity contribution is 5.85. The molecule has 0 radical (unpaired) electrons. The zero-order valence-corrected chi connectivity index (χ0v) is 12.3. The van der Waals surface area contributed by atoms with E-state index in [1.807, 2.05) is 0 Å². The Bertz CT molecular complexity index is 148. The molecule has 1 fully saturated rings. The molecule has 1 unspecified atom stereocenters. The van der Waals surface area contributed by atoms with Crippen LogP contribution in [-0.4, -0.2) is 30.6 Å². The molecular weight excluding hydrogens is 243 g/mol. The number of hydrogen-bond donors (Lipinski definition) is 1. The summed E-state index contributed by atoms with van der Waals surface area (Å²) in [5, 5.41) is 0. The van der Waals surface area contributed by atoms with Crippen LogP contribution in [0.25, 0.3) is 0 Å².